The summed E-state index contributed by atoms with van der Waals surface area (Å²) >= 11 is 0. The fourth-order valence-corrected chi connectivity index (χ4v) is 1.20. The number of quaternary nitrogens is 1. The number of aliphatic hydroxyl groups excluding tert-OH is 1. The van der Waals surface area contributed by atoms with E-state index in [9.17, 15) is 9.59 Å². The second kappa shape index (κ2) is 15.5. The summed E-state index contributed by atoms with van der Waals surface area (Å²) in [6.07, 6.45) is 2.58. The van der Waals surface area contributed by atoms with E-state index in [0.717, 1.165) is 30.1 Å². The number of nitrogens with zero attached hydrogens (tertiary/aromatic N) is 1. The van der Waals surface area contributed by atoms with Crippen LogP contribution in [0.4, 0.5) is 0 Å². The second-order valence-corrected chi connectivity index (χ2v) is 5.85. The first-order chi connectivity index (χ1) is 10.1. The van der Waals surface area contributed by atoms with Gasteiger partial charge in [-0.1, -0.05) is 13.2 Å². The summed E-state index contributed by atoms with van der Waals surface area (Å²) in [6, 6.07) is 0. The quantitative estimate of drug-likeness (QED) is 0.216. The van der Waals surface area contributed by atoms with E-state index in [1.54, 1.807) is 6.92 Å². The molecule has 0 aliphatic carbocycles. The summed E-state index contributed by atoms with van der Waals surface area (Å²) in [4.78, 5) is 21.3. The van der Waals surface area contributed by atoms with E-state index < -0.39 is 5.97 Å². The SMILES string of the molecule is C=C(C)C(=O)NCCC[N+](C)(C)C.C=CC(=O)OCCCO.[Cl-]. The van der Waals surface area contributed by atoms with Gasteiger partial charge in [0.2, 0.25) is 5.91 Å². The number of halogens is 1. The smallest absolute Gasteiger partial charge is 0.330 e. The summed E-state index contributed by atoms with van der Waals surface area (Å²) in [6.45, 7) is 10.6. The minimum Gasteiger partial charge on any atom is -1.00 e. The predicted molar refractivity (Wildman–Crippen MR) is 88.2 cm³/mol. The monoisotopic (exact) mass is 350 g/mol. The maximum atomic E-state index is 11.1. The summed E-state index contributed by atoms with van der Waals surface area (Å²) in [5.74, 6) is -0.482. The number of aliphatic hydroxyl groups is 1. The highest BCUT2D eigenvalue weighted by Gasteiger charge is 2.06. The van der Waals surface area contributed by atoms with Crippen LogP contribution < -0.4 is 17.7 Å². The Bertz CT molecular complexity index is 366. The molecule has 0 saturated carbocycles. The molecule has 0 aromatic carbocycles. The van der Waals surface area contributed by atoms with Crippen molar-refractivity contribution in [2.45, 2.75) is 19.8 Å². The van der Waals surface area contributed by atoms with E-state index in [1.807, 2.05) is 0 Å². The van der Waals surface area contributed by atoms with Gasteiger partial charge in [0.15, 0.2) is 0 Å². The zero-order valence-corrected chi connectivity index (χ0v) is 15.5. The number of ether oxygens (including phenoxy) is 1. The minimum absolute atomic E-state index is 0. The Morgan fingerprint density at radius 2 is 1.83 bits per heavy atom. The van der Waals surface area contributed by atoms with Crippen molar-refractivity contribution in [1.82, 2.24) is 5.32 Å². The van der Waals surface area contributed by atoms with Crippen LogP contribution >= 0.6 is 0 Å². The first-order valence-corrected chi connectivity index (χ1v) is 7.28. The molecule has 0 aromatic heterocycles. The zero-order valence-electron chi connectivity index (χ0n) is 14.7. The highest BCUT2D eigenvalue weighted by molar-refractivity contribution is 5.91. The molecule has 0 atom stereocenters. The van der Waals surface area contributed by atoms with Crippen LogP contribution in [0.25, 0.3) is 0 Å². The molecule has 0 unspecified atom stereocenters. The van der Waals surface area contributed by atoms with Gasteiger partial charge in [-0.3, -0.25) is 4.79 Å². The van der Waals surface area contributed by atoms with Crippen LogP contribution in [0.1, 0.15) is 19.8 Å². The van der Waals surface area contributed by atoms with E-state index in [0.29, 0.717) is 12.0 Å². The van der Waals surface area contributed by atoms with Crippen molar-refractivity contribution >= 4 is 11.9 Å². The maximum absolute atomic E-state index is 11.1. The van der Waals surface area contributed by atoms with Crippen molar-refractivity contribution in [1.29, 1.82) is 0 Å². The molecule has 0 bridgehead atoms. The number of rotatable bonds is 9. The van der Waals surface area contributed by atoms with Gasteiger partial charge in [0.05, 0.1) is 34.3 Å². The normalized spacial score (nSPS) is 9.61. The molecule has 136 valence electrons. The lowest BCUT2D eigenvalue weighted by atomic mass is 10.3. The number of esters is 1. The minimum atomic E-state index is -0.441. The van der Waals surface area contributed by atoms with E-state index in [-0.39, 0.29) is 31.5 Å². The number of carbonyl (C=O) groups excluding carboxylic acids is 2. The number of hydrogen-bond acceptors (Lipinski definition) is 4. The fourth-order valence-electron chi connectivity index (χ4n) is 1.20. The van der Waals surface area contributed by atoms with Gasteiger partial charge in [-0.15, -0.1) is 0 Å². The van der Waals surface area contributed by atoms with Gasteiger partial charge in [0, 0.05) is 37.6 Å². The van der Waals surface area contributed by atoms with Gasteiger partial charge in [0.25, 0.3) is 0 Å². The third kappa shape index (κ3) is 23.0. The second-order valence-electron chi connectivity index (χ2n) is 5.85. The number of carbonyl (C=O) groups is 2. The van der Waals surface area contributed by atoms with Crippen LogP contribution in [0.15, 0.2) is 24.8 Å². The predicted octanol–water partition coefficient (Wildman–Crippen LogP) is -2.12. The van der Waals surface area contributed by atoms with E-state index in [2.05, 4.69) is 44.4 Å². The molecule has 0 aliphatic rings. The van der Waals surface area contributed by atoms with Crippen molar-refractivity contribution in [2.24, 2.45) is 0 Å². The third-order valence-corrected chi connectivity index (χ3v) is 2.39. The van der Waals surface area contributed by atoms with Crippen molar-refractivity contribution < 1.29 is 36.3 Å². The van der Waals surface area contributed by atoms with Crippen molar-refractivity contribution in [3.8, 4) is 0 Å². The van der Waals surface area contributed by atoms with E-state index >= 15 is 0 Å². The van der Waals surface area contributed by atoms with Gasteiger partial charge in [0.1, 0.15) is 0 Å². The Balaban J connectivity index is -0.000000354. The zero-order chi connectivity index (χ0) is 17.6. The Morgan fingerprint density at radius 1 is 1.26 bits per heavy atom. The molecule has 7 heteroatoms. The largest absolute Gasteiger partial charge is 1.00 e. The molecular weight excluding hydrogens is 320 g/mol. The van der Waals surface area contributed by atoms with Crippen LogP contribution in [0.3, 0.4) is 0 Å². The lowest BCUT2D eigenvalue weighted by Crippen LogP contribution is -3.00. The van der Waals surface area contributed by atoms with Crippen LogP contribution in [0.2, 0.25) is 0 Å². The number of hydrogen-bond donors (Lipinski definition) is 2. The summed E-state index contributed by atoms with van der Waals surface area (Å²) in [7, 11) is 6.42. The van der Waals surface area contributed by atoms with Gasteiger partial charge < -0.3 is 32.1 Å². The molecule has 0 rings (SSSR count). The summed E-state index contributed by atoms with van der Waals surface area (Å²) in [5.41, 5.74) is 0.574. The molecule has 2 N–H and O–H groups in total. The number of nitrogens with one attached hydrogen (secondary N) is 1. The molecule has 0 aromatic rings. The van der Waals surface area contributed by atoms with Crippen LogP contribution in [-0.2, 0) is 14.3 Å². The van der Waals surface area contributed by atoms with Crippen molar-refractivity contribution in [3.05, 3.63) is 24.8 Å². The molecule has 6 nitrogen and oxygen atoms in total. The Hall–Kier alpha value is -1.37. The molecular formula is C16H31ClN2O4. The van der Waals surface area contributed by atoms with Gasteiger partial charge >= 0.3 is 5.97 Å². The maximum Gasteiger partial charge on any atom is 0.330 e. The molecule has 0 fully saturated rings. The van der Waals surface area contributed by atoms with Crippen LogP contribution in [0.5, 0.6) is 0 Å². The third-order valence-electron chi connectivity index (χ3n) is 2.39. The summed E-state index contributed by atoms with van der Waals surface area (Å²) < 4.78 is 5.45. The number of amides is 1. The van der Waals surface area contributed by atoms with Gasteiger partial charge in [-0.05, 0) is 6.92 Å². The van der Waals surface area contributed by atoms with Crippen molar-refractivity contribution in [2.75, 3.05) is 47.4 Å². The summed E-state index contributed by atoms with van der Waals surface area (Å²) in [5, 5.41) is 11.0. The standard InChI is InChI=1S/C10H20N2O.C6H10O3.ClH/c1-9(2)10(13)11-7-6-8-12(3,4)5;1-2-6(8)9-5-3-4-7;/h1,6-8H2,2-5H3;2,7H,1,3-5H2;1H. The highest BCUT2D eigenvalue weighted by atomic mass is 35.5. The Kier molecular flexibility index (Phi) is 17.9. The molecule has 0 spiro atoms. The van der Waals surface area contributed by atoms with Crippen molar-refractivity contribution in [3.63, 3.8) is 0 Å². The Labute approximate surface area is 146 Å². The lowest BCUT2D eigenvalue weighted by molar-refractivity contribution is -0.870. The topological polar surface area (TPSA) is 75.6 Å². The highest BCUT2D eigenvalue weighted by Crippen LogP contribution is 1.92. The molecule has 1 amide bonds. The first kappa shape index (κ1) is 26.5. The molecule has 0 aliphatic heterocycles. The van der Waals surface area contributed by atoms with Crippen LogP contribution in [0, 0.1) is 0 Å². The molecule has 23 heavy (non-hydrogen) atoms. The van der Waals surface area contributed by atoms with Gasteiger partial charge in [-0.25, -0.2) is 4.79 Å². The first-order valence-electron chi connectivity index (χ1n) is 7.28. The van der Waals surface area contributed by atoms with E-state index in [4.69, 9.17) is 5.11 Å². The molecule has 0 saturated heterocycles. The van der Waals surface area contributed by atoms with E-state index in [1.165, 1.54) is 0 Å². The van der Waals surface area contributed by atoms with Gasteiger partial charge in [-0.2, -0.15) is 0 Å². The average Bonchev–Trinajstić information content (AvgIpc) is 2.43. The molecule has 0 radical (unpaired) electrons. The fraction of sp³-hybridized carbons (Fsp3) is 0.625. The molecule has 0 heterocycles. The van der Waals surface area contributed by atoms with Crippen LogP contribution in [-0.4, -0.2) is 68.9 Å². The lowest BCUT2D eigenvalue weighted by Gasteiger charge is -2.23. The average molecular weight is 351 g/mol. The Morgan fingerprint density at radius 3 is 2.22 bits per heavy atom.